The number of carbonyl (C=O) groups is 3. The smallest absolute Gasteiger partial charge is 0.370 e. The number of aromatic nitrogens is 1. The highest BCUT2D eigenvalue weighted by Crippen LogP contribution is 2.45. The molecule has 2 aliphatic heterocycles. The van der Waals surface area contributed by atoms with Crippen LogP contribution in [0.5, 0.6) is 0 Å². The normalized spacial score (nSPS) is 19.8. The number of halogens is 2. The maximum Gasteiger partial charge on any atom is 0.370 e. The lowest BCUT2D eigenvalue weighted by Crippen LogP contribution is -2.68. The Morgan fingerprint density at radius 2 is 2.14 bits per heavy atom. The molecule has 1 fully saturated rings. The highest BCUT2D eigenvalue weighted by atomic mass is 127. The van der Waals surface area contributed by atoms with Crippen LogP contribution in [0.3, 0.4) is 0 Å². The predicted molar refractivity (Wildman–Crippen MR) is 139 cm³/mol. The number of fused-ring (bicyclic) bond motifs is 1. The summed E-state index contributed by atoms with van der Waals surface area (Å²) in [5.74, 6) is -2.29. The van der Waals surface area contributed by atoms with E-state index in [1.807, 2.05) is 24.3 Å². The molecule has 2 aromatic rings. The maximum absolute atomic E-state index is 13.2. The molecule has 0 radical (unpaired) electrons. The third-order valence-electron chi connectivity index (χ3n) is 4.71. The third kappa shape index (κ3) is 5.47. The number of oxime groups is 1. The summed E-state index contributed by atoms with van der Waals surface area (Å²) in [7, 11) is 0. The number of benzene rings is 1. The van der Waals surface area contributed by atoms with Crippen LogP contribution in [0.4, 0.5) is 9.52 Å². The van der Waals surface area contributed by atoms with Gasteiger partial charge in [-0.3, -0.25) is 9.69 Å². The molecule has 0 aliphatic carbocycles. The SMILES string of the molecule is Nc1nc(C(=NOCCF)C(=O)OC(=O)C2=C(Sc3ccccc3I)CS[C@H]3C(N)C(=O)N23)cs1. The van der Waals surface area contributed by atoms with Gasteiger partial charge in [-0.15, -0.1) is 23.1 Å². The number of hydrogen-bond donors (Lipinski definition) is 2. The zero-order valence-electron chi connectivity index (χ0n) is 17.7. The average Bonchev–Trinajstić information content (AvgIpc) is 3.27. The van der Waals surface area contributed by atoms with Crippen LogP contribution in [0.15, 0.2) is 50.3 Å². The van der Waals surface area contributed by atoms with E-state index in [1.54, 1.807) is 0 Å². The molecule has 1 aromatic carbocycles. The number of esters is 2. The van der Waals surface area contributed by atoms with Crippen molar-refractivity contribution in [1.29, 1.82) is 0 Å². The van der Waals surface area contributed by atoms with Crippen molar-refractivity contribution in [3.05, 3.63) is 49.5 Å². The molecular formula is C20H17FIN5O5S3. The molecule has 10 nitrogen and oxygen atoms in total. The average molecular weight is 649 g/mol. The molecule has 15 heteroatoms. The van der Waals surface area contributed by atoms with Crippen molar-refractivity contribution in [2.45, 2.75) is 16.3 Å². The lowest BCUT2D eigenvalue weighted by Gasteiger charge is -2.48. The second-order valence-electron chi connectivity index (χ2n) is 6.95. The van der Waals surface area contributed by atoms with E-state index in [0.717, 1.165) is 19.8 Å². The van der Waals surface area contributed by atoms with Gasteiger partial charge in [-0.1, -0.05) is 29.1 Å². The van der Waals surface area contributed by atoms with E-state index in [2.05, 4.69) is 32.7 Å². The Morgan fingerprint density at radius 1 is 1.37 bits per heavy atom. The van der Waals surface area contributed by atoms with Crippen molar-refractivity contribution in [1.82, 2.24) is 9.88 Å². The molecule has 2 atom stereocenters. The Morgan fingerprint density at radius 3 is 2.83 bits per heavy atom. The first-order valence-corrected chi connectivity index (χ1v) is 13.7. The van der Waals surface area contributed by atoms with Gasteiger partial charge in [-0.2, -0.15) is 0 Å². The van der Waals surface area contributed by atoms with Gasteiger partial charge in [0.25, 0.3) is 0 Å². The van der Waals surface area contributed by atoms with E-state index in [4.69, 9.17) is 21.0 Å². The van der Waals surface area contributed by atoms with Gasteiger partial charge in [0.2, 0.25) is 11.6 Å². The van der Waals surface area contributed by atoms with Gasteiger partial charge >= 0.3 is 11.9 Å². The first kappa shape index (κ1) is 25.9. The third-order valence-corrected chi connectivity index (χ3v) is 9.33. The number of nitrogen functional groups attached to an aromatic ring is 1. The summed E-state index contributed by atoms with van der Waals surface area (Å²) in [5, 5.41) is 4.70. The summed E-state index contributed by atoms with van der Waals surface area (Å²) >= 11 is 5.93. The quantitative estimate of drug-likeness (QED) is 0.0830. The molecule has 1 saturated heterocycles. The minimum absolute atomic E-state index is 0.00528. The summed E-state index contributed by atoms with van der Waals surface area (Å²) in [6.45, 7) is -1.25. The Hall–Kier alpha value is -2.21. The van der Waals surface area contributed by atoms with Crippen molar-refractivity contribution < 1.29 is 28.3 Å². The number of alkyl halides is 1. The van der Waals surface area contributed by atoms with Crippen molar-refractivity contribution in [2.24, 2.45) is 10.9 Å². The first-order chi connectivity index (χ1) is 16.8. The summed E-state index contributed by atoms with van der Waals surface area (Å²) in [4.78, 5) is 50.1. The molecule has 4 N–H and O–H groups in total. The molecule has 3 heterocycles. The minimum atomic E-state index is -1.18. The number of amides is 1. The van der Waals surface area contributed by atoms with E-state index in [9.17, 15) is 18.8 Å². The van der Waals surface area contributed by atoms with Crippen LogP contribution in [-0.4, -0.2) is 63.9 Å². The van der Waals surface area contributed by atoms with Crippen molar-refractivity contribution in [3.63, 3.8) is 0 Å². The molecule has 0 saturated carbocycles. The Labute approximate surface area is 224 Å². The predicted octanol–water partition coefficient (Wildman–Crippen LogP) is 2.34. The van der Waals surface area contributed by atoms with Crippen LogP contribution in [0.2, 0.25) is 0 Å². The number of carbonyl (C=O) groups excluding carboxylic acids is 3. The molecule has 184 valence electrons. The molecule has 4 rings (SSSR count). The van der Waals surface area contributed by atoms with Crippen LogP contribution >= 0.6 is 57.5 Å². The minimum Gasteiger partial charge on any atom is -0.392 e. The zero-order valence-corrected chi connectivity index (χ0v) is 22.3. The van der Waals surface area contributed by atoms with Crippen LogP contribution < -0.4 is 11.5 Å². The van der Waals surface area contributed by atoms with Crippen LogP contribution in [0, 0.1) is 3.57 Å². The fourth-order valence-electron chi connectivity index (χ4n) is 3.13. The number of nitrogens with zero attached hydrogens (tertiary/aromatic N) is 3. The fourth-order valence-corrected chi connectivity index (χ4v) is 6.83. The second kappa shape index (κ2) is 11.2. The summed E-state index contributed by atoms with van der Waals surface area (Å²) < 4.78 is 18.5. The van der Waals surface area contributed by atoms with E-state index in [0.29, 0.717) is 10.7 Å². The molecule has 0 bridgehead atoms. The lowest BCUT2D eigenvalue weighted by atomic mass is 10.1. The van der Waals surface area contributed by atoms with E-state index in [-0.39, 0.29) is 16.5 Å². The van der Waals surface area contributed by atoms with Crippen molar-refractivity contribution in [2.75, 3.05) is 24.8 Å². The van der Waals surface area contributed by atoms with Gasteiger partial charge in [0, 0.05) is 24.5 Å². The number of nitrogens with two attached hydrogens (primary N) is 2. The van der Waals surface area contributed by atoms with Gasteiger partial charge in [-0.05, 0) is 34.7 Å². The summed E-state index contributed by atoms with van der Waals surface area (Å²) in [5.41, 5.74) is 11.0. The highest BCUT2D eigenvalue weighted by Gasteiger charge is 2.52. The van der Waals surface area contributed by atoms with Gasteiger partial charge in [0.1, 0.15) is 36.1 Å². The highest BCUT2D eigenvalue weighted by molar-refractivity contribution is 14.1. The number of rotatable bonds is 8. The van der Waals surface area contributed by atoms with Gasteiger partial charge < -0.3 is 21.0 Å². The standard InChI is InChI=1S/C20H17FIN5O5S3/c21-5-6-31-26-14(10-7-34-20(24)25-10)18(29)32-19(30)15-12(35-11-4-2-1-3-9(11)22)8-33-17-13(23)16(28)27(15)17/h1-4,7,13,17H,5-6,8,23H2,(H2,24,25)/t13?,17-/m0/s1. The maximum atomic E-state index is 13.2. The monoisotopic (exact) mass is 649 g/mol. The number of ether oxygens (including phenoxy) is 1. The first-order valence-electron chi connectivity index (χ1n) is 9.91. The molecule has 1 amide bonds. The number of thiazole rings is 1. The topological polar surface area (TPSA) is 150 Å². The molecule has 1 aromatic heterocycles. The molecule has 1 unspecified atom stereocenters. The molecule has 0 spiro atoms. The fraction of sp³-hybridized carbons (Fsp3) is 0.250. The number of anilines is 1. The number of thioether (sulfide) groups is 2. The molecule has 35 heavy (non-hydrogen) atoms. The zero-order chi connectivity index (χ0) is 25.1. The number of β-lactam (4-membered cyclic amide) rings is 1. The van der Waals surface area contributed by atoms with Crippen LogP contribution in [-0.2, 0) is 24.0 Å². The summed E-state index contributed by atoms with van der Waals surface area (Å²) in [6.07, 6.45) is 0. The molecular weight excluding hydrogens is 632 g/mol. The van der Waals surface area contributed by atoms with Crippen molar-refractivity contribution >= 4 is 86.1 Å². The summed E-state index contributed by atoms with van der Waals surface area (Å²) in [6, 6.07) is 6.78. The largest absolute Gasteiger partial charge is 0.392 e. The Bertz CT molecular complexity index is 1240. The van der Waals surface area contributed by atoms with Crippen LogP contribution in [0.1, 0.15) is 5.69 Å². The van der Waals surface area contributed by atoms with Gasteiger partial charge in [0.05, 0.1) is 0 Å². The number of hydrogen-bond acceptors (Lipinski definition) is 12. The van der Waals surface area contributed by atoms with Gasteiger partial charge in [-0.25, -0.2) is 19.0 Å². The Kier molecular flexibility index (Phi) is 8.31. The van der Waals surface area contributed by atoms with E-state index >= 15 is 0 Å². The van der Waals surface area contributed by atoms with E-state index < -0.39 is 48.3 Å². The lowest BCUT2D eigenvalue weighted by molar-refractivity contribution is -0.157. The van der Waals surface area contributed by atoms with E-state index in [1.165, 1.54) is 33.8 Å². The van der Waals surface area contributed by atoms with Gasteiger partial charge in [0.15, 0.2) is 5.13 Å². The Balaban J connectivity index is 1.64. The second-order valence-corrected chi connectivity index (χ2v) is 11.2. The van der Waals surface area contributed by atoms with Crippen LogP contribution in [0.25, 0.3) is 0 Å². The van der Waals surface area contributed by atoms with Crippen molar-refractivity contribution in [3.8, 4) is 0 Å². The molecule has 2 aliphatic rings.